The summed E-state index contributed by atoms with van der Waals surface area (Å²) < 4.78 is 3.89. The van der Waals surface area contributed by atoms with Crippen LogP contribution in [0.4, 0.5) is 5.69 Å². The average Bonchev–Trinajstić information content (AvgIpc) is 3.93. The molecule has 0 spiro atoms. The summed E-state index contributed by atoms with van der Waals surface area (Å²) >= 11 is 3.80. The van der Waals surface area contributed by atoms with Crippen LogP contribution >= 0.6 is 23.1 Å². The number of fused-ring (bicyclic) bond motifs is 4. The van der Waals surface area contributed by atoms with Crippen molar-refractivity contribution in [2.24, 2.45) is 4.99 Å². The molecule has 0 saturated carbocycles. The first-order valence-electron chi connectivity index (χ1n) is 25.5. The van der Waals surface area contributed by atoms with Gasteiger partial charge >= 0.3 is 0 Å². The minimum absolute atomic E-state index is 0.822. The Morgan fingerprint density at radius 3 is 2.11 bits per heavy atom. The zero-order valence-electron chi connectivity index (χ0n) is 42.0. The Bertz CT molecular complexity index is 3400. The van der Waals surface area contributed by atoms with Gasteiger partial charge in [0.1, 0.15) is 0 Å². The average molecular weight is 961 g/mol. The monoisotopic (exact) mass is 960 g/mol. The molecule has 4 heteroatoms. The molecule has 2 aromatic heterocycles. The fourth-order valence-electron chi connectivity index (χ4n) is 10.8. The molecule has 0 aliphatic heterocycles. The zero-order chi connectivity index (χ0) is 48.8. The summed E-state index contributed by atoms with van der Waals surface area (Å²) in [6, 6.07) is 47.2. The van der Waals surface area contributed by atoms with E-state index in [9.17, 15) is 0 Å². The Labute approximate surface area is 430 Å². The zero-order valence-corrected chi connectivity index (χ0v) is 43.7. The first-order valence-corrected chi connectivity index (χ1v) is 27.3. The Kier molecular flexibility index (Phi) is 14.7. The van der Waals surface area contributed by atoms with Gasteiger partial charge in [0, 0.05) is 48.1 Å². The summed E-state index contributed by atoms with van der Waals surface area (Å²) in [7, 11) is 0. The number of allylic oxidation sites excluding steroid dienone is 7. The standard InChI is InChI=1S/C53H48N2S2.C14H16/c1-5-11-44-45-13-7-9-15-49(45)55(48(44)12-6-2)41-28-25-39(26-29-41)43-31-30-42(38-21-17-35(3)18-22-38)52(54-4)53(43)56-34-36-19-23-37(24-20-36)40-27-32-51-47(33-40)46-14-8-10-16-50(46)57-51;1-11-7-3-5-9-13(11)14-10-6-4-8-12(14)2/h5-6,8,11-12,14,17-33H,4,7,9-10,13,15-16,34H2,1-3H3;3-5,7-9H,6,10H2,1-2H3/b11-5-,12-6-;. The predicted octanol–water partition coefficient (Wildman–Crippen LogP) is 19.6. The normalized spacial score (nSPS) is 14.3. The van der Waals surface area contributed by atoms with E-state index in [0.29, 0.717) is 0 Å². The van der Waals surface area contributed by atoms with E-state index in [4.69, 9.17) is 4.99 Å². The molecule has 0 atom stereocenters. The lowest BCUT2D eigenvalue weighted by molar-refractivity contribution is 0.662. The Morgan fingerprint density at radius 2 is 1.35 bits per heavy atom. The molecule has 11 rings (SSSR count). The molecular weight excluding hydrogens is 897 g/mol. The van der Waals surface area contributed by atoms with E-state index in [2.05, 4.69) is 222 Å². The number of benzene rings is 6. The number of aryl methyl sites for hydroxylation is 3. The summed E-state index contributed by atoms with van der Waals surface area (Å²) in [5.41, 5.74) is 24.6. The van der Waals surface area contributed by atoms with Crippen molar-refractivity contribution >= 4 is 69.4 Å². The number of hydrogen-bond acceptors (Lipinski definition) is 3. The highest BCUT2D eigenvalue weighted by Gasteiger charge is 2.24. The molecule has 0 saturated heterocycles. The molecule has 2 nitrogen and oxygen atoms in total. The van der Waals surface area contributed by atoms with E-state index in [1.165, 1.54) is 130 Å². The van der Waals surface area contributed by atoms with Gasteiger partial charge in [-0.15, -0.1) is 23.1 Å². The van der Waals surface area contributed by atoms with Crippen LogP contribution in [-0.4, -0.2) is 11.3 Å². The SMILES string of the molecule is C=Nc1c(-c2ccc(C)cc2)ccc(-c2ccc(-n3c(/C=C\C)c(/C=C\C)c4c3CCCC4)cc2)c1SCc1ccc(-c2ccc3sc4c(c3c2)C=CCC4)cc1.CC1=C(c2ccccc2C)CCC=C1. The number of aromatic nitrogens is 1. The molecule has 6 aromatic carbocycles. The van der Waals surface area contributed by atoms with Gasteiger partial charge in [0.15, 0.2) is 0 Å². The first-order chi connectivity index (χ1) is 34.8. The third kappa shape index (κ3) is 9.98. The molecule has 0 fully saturated rings. The smallest absolute Gasteiger partial charge is 0.0842 e. The van der Waals surface area contributed by atoms with Gasteiger partial charge in [-0.05, 0) is 190 Å². The van der Waals surface area contributed by atoms with E-state index in [1.54, 1.807) is 0 Å². The van der Waals surface area contributed by atoms with E-state index < -0.39 is 0 Å². The van der Waals surface area contributed by atoms with Crippen molar-refractivity contribution in [2.75, 3.05) is 0 Å². The molecule has 354 valence electrons. The molecule has 0 radical (unpaired) electrons. The van der Waals surface area contributed by atoms with Crippen LogP contribution in [0.3, 0.4) is 0 Å². The lowest BCUT2D eigenvalue weighted by Gasteiger charge is -2.19. The number of nitrogens with zero attached hydrogens (tertiary/aromatic N) is 2. The number of aliphatic imine (C=N–C) groups is 1. The third-order valence-electron chi connectivity index (χ3n) is 14.5. The minimum atomic E-state index is 0.822. The highest BCUT2D eigenvalue weighted by molar-refractivity contribution is 7.98. The minimum Gasteiger partial charge on any atom is -0.313 e. The van der Waals surface area contributed by atoms with E-state index in [1.807, 2.05) is 23.1 Å². The second-order valence-corrected chi connectivity index (χ2v) is 21.3. The molecule has 0 N–H and O–H groups in total. The quantitative estimate of drug-likeness (QED) is 0.0933. The highest BCUT2D eigenvalue weighted by Crippen LogP contribution is 2.47. The fourth-order valence-corrected chi connectivity index (χ4v) is 13.1. The third-order valence-corrected chi connectivity index (χ3v) is 16.9. The van der Waals surface area contributed by atoms with Gasteiger partial charge in [-0.1, -0.05) is 151 Å². The summed E-state index contributed by atoms with van der Waals surface area (Å²) in [5.74, 6) is 0.822. The Hall–Kier alpha value is -6.72. The predicted molar refractivity (Wildman–Crippen MR) is 313 cm³/mol. The van der Waals surface area contributed by atoms with E-state index in [-0.39, 0.29) is 0 Å². The van der Waals surface area contributed by atoms with Gasteiger partial charge in [-0.3, -0.25) is 4.99 Å². The van der Waals surface area contributed by atoms with Crippen molar-refractivity contribution in [1.29, 1.82) is 0 Å². The Balaban J connectivity index is 0.000000357. The lowest BCUT2D eigenvalue weighted by atomic mass is 9.90. The van der Waals surface area contributed by atoms with Gasteiger partial charge in [-0.25, -0.2) is 0 Å². The van der Waals surface area contributed by atoms with E-state index in [0.717, 1.165) is 53.1 Å². The second-order valence-electron chi connectivity index (χ2n) is 19.2. The van der Waals surface area contributed by atoms with Crippen molar-refractivity contribution in [1.82, 2.24) is 4.57 Å². The number of thioether (sulfide) groups is 1. The summed E-state index contributed by atoms with van der Waals surface area (Å²) in [6.45, 7) is 14.9. The van der Waals surface area contributed by atoms with Crippen LogP contribution < -0.4 is 0 Å². The maximum absolute atomic E-state index is 4.75. The molecule has 3 aliphatic rings. The first kappa shape index (κ1) is 47.9. The molecule has 71 heavy (non-hydrogen) atoms. The maximum Gasteiger partial charge on any atom is 0.0842 e. The summed E-state index contributed by atoms with van der Waals surface area (Å²) in [6.07, 6.45) is 27.5. The van der Waals surface area contributed by atoms with Crippen molar-refractivity contribution in [3.8, 4) is 39.1 Å². The highest BCUT2D eigenvalue weighted by atomic mass is 32.2. The van der Waals surface area contributed by atoms with Gasteiger partial charge < -0.3 is 4.57 Å². The molecule has 0 bridgehead atoms. The molecule has 2 heterocycles. The number of thiophene rings is 1. The van der Waals surface area contributed by atoms with Crippen LogP contribution in [0.15, 0.2) is 173 Å². The van der Waals surface area contributed by atoms with Crippen LogP contribution in [0, 0.1) is 13.8 Å². The molecule has 0 amide bonds. The van der Waals surface area contributed by atoms with Crippen molar-refractivity contribution in [3.05, 3.63) is 219 Å². The molecule has 0 unspecified atom stereocenters. The van der Waals surface area contributed by atoms with Crippen molar-refractivity contribution < 1.29 is 0 Å². The summed E-state index contributed by atoms with van der Waals surface area (Å²) in [4.78, 5) is 7.42. The molecular formula is C67H64N2S2. The number of hydrogen-bond donors (Lipinski definition) is 0. The van der Waals surface area contributed by atoms with E-state index >= 15 is 0 Å². The molecule has 8 aromatic rings. The van der Waals surface area contributed by atoms with Gasteiger partial charge in [0.05, 0.1) is 11.4 Å². The van der Waals surface area contributed by atoms with Gasteiger partial charge in [0.2, 0.25) is 0 Å². The van der Waals surface area contributed by atoms with Crippen molar-refractivity contribution in [2.45, 2.75) is 96.6 Å². The number of rotatable bonds is 11. The topological polar surface area (TPSA) is 17.3 Å². The largest absolute Gasteiger partial charge is 0.313 e. The van der Waals surface area contributed by atoms with Gasteiger partial charge in [-0.2, -0.15) is 0 Å². The molecule has 3 aliphatic carbocycles. The Morgan fingerprint density at radius 1 is 0.662 bits per heavy atom. The maximum atomic E-state index is 4.75. The second kappa shape index (κ2) is 21.7. The van der Waals surface area contributed by atoms with Crippen LogP contribution in [0.5, 0.6) is 0 Å². The van der Waals surface area contributed by atoms with Crippen molar-refractivity contribution in [3.63, 3.8) is 0 Å². The van der Waals surface area contributed by atoms with Gasteiger partial charge in [0.25, 0.3) is 0 Å². The van der Waals surface area contributed by atoms with Crippen LogP contribution in [0.2, 0.25) is 0 Å². The lowest BCUT2D eigenvalue weighted by Crippen LogP contribution is -2.07. The summed E-state index contributed by atoms with van der Waals surface area (Å²) in [5, 5.41) is 1.38. The van der Waals surface area contributed by atoms with Crippen LogP contribution in [0.1, 0.15) is 108 Å². The van der Waals surface area contributed by atoms with Crippen LogP contribution in [-0.2, 0) is 25.0 Å². The fraction of sp³-hybridized carbons (Fsp3) is 0.209. The van der Waals surface area contributed by atoms with Crippen LogP contribution in [0.25, 0.3) is 73.0 Å².